The first-order valence-electron chi connectivity index (χ1n) is 4.91. The van der Waals surface area contributed by atoms with E-state index < -0.39 is 18.4 Å². The van der Waals surface area contributed by atoms with E-state index in [1.165, 1.54) is 14.2 Å². The van der Waals surface area contributed by atoms with Crippen LogP contribution in [0.15, 0.2) is 30.3 Å². The summed E-state index contributed by atoms with van der Waals surface area (Å²) in [5, 5.41) is 4.95. The molecule has 0 aliphatic carbocycles. The topological polar surface area (TPSA) is 76.7 Å². The van der Waals surface area contributed by atoms with Crippen LogP contribution >= 0.6 is 0 Å². The van der Waals surface area contributed by atoms with E-state index in [2.05, 4.69) is 20.1 Å². The van der Waals surface area contributed by atoms with E-state index >= 15 is 0 Å². The van der Waals surface area contributed by atoms with E-state index in [-0.39, 0.29) is 0 Å². The van der Waals surface area contributed by atoms with Crippen LogP contribution in [-0.4, -0.2) is 26.4 Å². The van der Waals surface area contributed by atoms with Crippen LogP contribution in [0.3, 0.4) is 0 Å². The Morgan fingerprint density at radius 2 is 1.47 bits per heavy atom. The number of carbonyl (C=O) groups excluding carboxylic acids is 2. The molecule has 1 aromatic rings. The quantitative estimate of drug-likeness (QED) is 0.780. The second-order valence-corrected chi connectivity index (χ2v) is 3.12. The maximum Gasteiger partial charge on any atom is 0.408 e. The van der Waals surface area contributed by atoms with Crippen LogP contribution in [0.2, 0.25) is 0 Å². The van der Waals surface area contributed by atoms with Gasteiger partial charge in [0.05, 0.1) is 14.2 Å². The second kappa shape index (κ2) is 6.37. The molecule has 0 saturated heterocycles. The number of rotatable bonds is 3. The Balaban J connectivity index is 2.79. The molecule has 0 heterocycles. The van der Waals surface area contributed by atoms with Crippen LogP contribution in [0.25, 0.3) is 0 Å². The lowest BCUT2D eigenvalue weighted by molar-refractivity contribution is 0.153. The van der Waals surface area contributed by atoms with Crippen LogP contribution in [0.5, 0.6) is 0 Å². The molecular weight excluding hydrogens is 224 g/mol. The van der Waals surface area contributed by atoms with Gasteiger partial charge in [0, 0.05) is 0 Å². The van der Waals surface area contributed by atoms with Crippen molar-refractivity contribution in [1.29, 1.82) is 0 Å². The van der Waals surface area contributed by atoms with Crippen LogP contribution in [0.4, 0.5) is 9.59 Å². The molecule has 17 heavy (non-hydrogen) atoms. The van der Waals surface area contributed by atoms with E-state index in [0.717, 1.165) is 0 Å². The van der Waals surface area contributed by atoms with Crippen molar-refractivity contribution in [3.05, 3.63) is 35.9 Å². The number of methoxy groups -OCH3 is 2. The van der Waals surface area contributed by atoms with E-state index in [1.54, 1.807) is 24.3 Å². The van der Waals surface area contributed by atoms with Gasteiger partial charge in [-0.2, -0.15) is 0 Å². The normalized spacial score (nSPS) is 9.59. The summed E-state index contributed by atoms with van der Waals surface area (Å²) in [4.78, 5) is 22.3. The van der Waals surface area contributed by atoms with E-state index in [0.29, 0.717) is 5.56 Å². The lowest BCUT2D eigenvalue weighted by Crippen LogP contribution is -2.40. The fourth-order valence-electron chi connectivity index (χ4n) is 1.20. The molecule has 1 rings (SSSR count). The van der Waals surface area contributed by atoms with Gasteiger partial charge in [0.1, 0.15) is 6.17 Å². The van der Waals surface area contributed by atoms with Crippen molar-refractivity contribution in [3.8, 4) is 0 Å². The van der Waals surface area contributed by atoms with Gasteiger partial charge in [-0.15, -0.1) is 0 Å². The molecule has 0 aliphatic heterocycles. The van der Waals surface area contributed by atoms with Crippen molar-refractivity contribution in [3.63, 3.8) is 0 Å². The zero-order chi connectivity index (χ0) is 12.7. The monoisotopic (exact) mass is 238 g/mol. The zero-order valence-electron chi connectivity index (χ0n) is 9.60. The second-order valence-electron chi connectivity index (χ2n) is 3.12. The molecule has 0 fully saturated rings. The van der Waals surface area contributed by atoms with Gasteiger partial charge in [-0.25, -0.2) is 9.59 Å². The van der Waals surface area contributed by atoms with Crippen molar-refractivity contribution in [2.45, 2.75) is 6.17 Å². The number of ether oxygens (including phenoxy) is 2. The number of benzene rings is 1. The highest BCUT2D eigenvalue weighted by molar-refractivity contribution is 5.71. The number of alkyl carbamates (subject to hydrolysis) is 2. The third kappa shape index (κ3) is 4.02. The van der Waals surface area contributed by atoms with Gasteiger partial charge in [0.2, 0.25) is 0 Å². The van der Waals surface area contributed by atoms with Crippen LogP contribution in [0, 0.1) is 0 Å². The van der Waals surface area contributed by atoms with Crippen LogP contribution in [-0.2, 0) is 9.47 Å². The number of nitrogens with one attached hydrogen (secondary N) is 2. The molecule has 0 aliphatic rings. The molecule has 0 saturated carbocycles. The van der Waals surface area contributed by atoms with E-state index in [4.69, 9.17) is 0 Å². The standard InChI is InChI=1S/C11H14N2O4/c1-16-10(14)12-9(13-11(15)17-2)8-6-4-3-5-7-8/h3-7,9H,1-2H3,(H,12,14)(H,13,15). The maximum atomic E-state index is 11.1. The summed E-state index contributed by atoms with van der Waals surface area (Å²) in [5.41, 5.74) is 0.711. The van der Waals surface area contributed by atoms with Crippen molar-refractivity contribution in [2.24, 2.45) is 0 Å². The smallest absolute Gasteiger partial charge is 0.408 e. The summed E-state index contributed by atoms with van der Waals surface area (Å²) in [5.74, 6) is 0. The van der Waals surface area contributed by atoms with Crippen molar-refractivity contribution < 1.29 is 19.1 Å². The average Bonchev–Trinajstić information content (AvgIpc) is 2.38. The summed E-state index contributed by atoms with van der Waals surface area (Å²) in [6.07, 6.45) is -1.98. The van der Waals surface area contributed by atoms with Gasteiger partial charge >= 0.3 is 12.2 Å². The Labute approximate surface area is 98.9 Å². The van der Waals surface area contributed by atoms with E-state index in [1.807, 2.05) is 6.07 Å². The van der Waals surface area contributed by atoms with Gasteiger partial charge in [-0.3, -0.25) is 10.6 Å². The van der Waals surface area contributed by atoms with Crippen molar-refractivity contribution in [2.75, 3.05) is 14.2 Å². The maximum absolute atomic E-state index is 11.1. The molecule has 0 bridgehead atoms. The Morgan fingerprint density at radius 1 is 1.00 bits per heavy atom. The molecule has 0 radical (unpaired) electrons. The summed E-state index contributed by atoms with van der Waals surface area (Å²) >= 11 is 0. The molecule has 0 spiro atoms. The van der Waals surface area contributed by atoms with Gasteiger partial charge in [0.25, 0.3) is 0 Å². The predicted molar refractivity (Wildman–Crippen MR) is 60.3 cm³/mol. The highest BCUT2D eigenvalue weighted by Crippen LogP contribution is 2.09. The minimum atomic E-state index is -0.698. The summed E-state index contributed by atoms with van der Waals surface area (Å²) in [6.45, 7) is 0. The summed E-state index contributed by atoms with van der Waals surface area (Å²) in [7, 11) is 2.49. The molecule has 0 aromatic heterocycles. The summed E-state index contributed by atoms with van der Waals surface area (Å²) in [6, 6.07) is 8.93. The molecule has 1 aromatic carbocycles. The average molecular weight is 238 g/mol. The molecular formula is C11H14N2O4. The number of carbonyl (C=O) groups is 2. The molecule has 2 N–H and O–H groups in total. The lowest BCUT2D eigenvalue weighted by Gasteiger charge is -2.18. The third-order valence-electron chi connectivity index (χ3n) is 2.03. The van der Waals surface area contributed by atoms with Gasteiger partial charge in [0.15, 0.2) is 0 Å². The molecule has 6 nitrogen and oxygen atoms in total. The van der Waals surface area contributed by atoms with Crippen molar-refractivity contribution >= 4 is 12.2 Å². The minimum Gasteiger partial charge on any atom is -0.453 e. The van der Waals surface area contributed by atoms with Crippen molar-refractivity contribution in [1.82, 2.24) is 10.6 Å². The highest BCUT2D eigenvalue weighted by Gasteiger charge is 2.16. The largest absolute Gasteiger partial charge is 0.453 e. The molecule has 92 valence electrons. The Bertz CT molecular complexity index is 362. The highest BCUT2D eigenvalue weighted by atomic mass is 16.5. The predicted octanol–water partition coefficient (Wildman–Crippen LogP) is 1.40. The molecule has 6 heteroatoms. The fraction of sp³-hybridized carbons (Fsp3) is 0.273. The number of amides is 2. The Morgan fingerprint density at radius 3 is 1.88 bits per heavy atom. The first kappa shape index (κ1) is 12.8. The lowest BCUT2D eigenvalue weighted by atomic mass is 10.2. The Hall–Kier alpha value is -2.24. The van der Waals surface area contributed by atoms with Crippen LogP contribution < -0.4 is 10.6 Å². The molecule has 0 atom stereocenters. The van der Waals surface area contributed by atoms with Crippen LogP contribution in [0.1, 0.15) is 11.7 Å². The Kier molecular flexibility index (Phi) is 4.80. The van der Waals surface area contributed by atoms with Gasteiger partial charge < -0.3 is 9.47 Å². The molecule has 0 unspecified atom stereocenters. The van der Waals surface area contributed by atoms with E-state index in [9.17, 15) is 9.59 Å². The fourth-order valence-corrected chi connectivity index (χ4v) is 1.20. The first-order chi connectivity index (χ1) is 8.17. The SMILES string of the molecule is COC(=O)NC(NC(=O)OC)c1ccccc1. The summed E-state index contributed by atoms with van der Waals surface area (Å²) < 4.78 is 8.95. The minimum absolute atomic E-state index is 0.643. The first-order valence-corrected chi connectivity index (χ1v) is 4.91. The number of hydrogen-bond acceptors (Lipinski definition) is 4. The van der Waals surface area contributed by atoms with Gasteiger partial charge in [-0.05, 0) is 5.56 Å². The third-order valence-corrected chi connectivity index (χ3v) is 2.03. The van der Waals surface area contributed by atoms with Gasteiger partial charge in [-0.1, -0.05) is 30.3 Å². The molecule has 2 amide bonds. The number of hydrogen-bond donors (Lipinski definition) is 2. The zero-order valence-corrected chi connectivity index (χ0v) is 9.60.